The summed E-state index contributed by atoms with van der Waals surface area (Å²) >= 11 is 0. The van der Waals surface area contributed by atoms with E-state index in [2.05, 4.69) is 34.6 Å². The molecule has 3 heteroatoms. The minimum absolute atomic E-state index is 0.159. The molecule has 0 aliphatic rings. The van der Waals surface area contributed by atoms with Crippen molar-refractivity contribution < 1.29 is 8.85 Å². The third-order valence-corrected chi connectivity index (χ3v) is 11.2. The zero-order valence-corrected chi connectivity index (χ0v) is 19.6. The van der Waals surface area contributed by atoms with E-state index in [-0.39, 0.29) is 5.04 Å². The lowest BCUT2D eigenvalue weighted by atomic mass is 9.92. The summed E-state index contributed by atoms with van der Waals surface area (Å²) < 4.78 is 12.2. The van der Waals surface area contributed by atoms with E-state index < -0.39 is 8.56 Å². The van der Waals surface area contributed by atoms with Gasteiger partial charge >= 0.3 is 8.56 Å². The molecule has 0 heterocycles. The fourth-order valence-electron chi connectivity index (χ4n) is 4.15. The maximum atomic E-state index is 6.12. The highest BCUT2D eigenvalue weighted by atomic mass is 28.4. The Morgan fingerprint density at radius 3 is 1.56 bits per heavy atom. The standard InChI is InChI=1S/C22H48O2Si/c1-8-10-11-12-13-14-15-16-17-18-20-25(23-6,24-7)22(4,5)21(3)19-9-2/h21H,8-20H2,1-7H3. The van der Waals surface area contributed by atoms with Crippen molar-refractivity contribution in [1.29, 1.82) is 0 Å². The van der Waals surface area contributed by atoms with Crippen LogP contribution in [0, 0.1) is 5.92 Å². The van der Waals surface area contributed by atoms with Crippen LogP contribution in [0.1, 0.15) is 112 Å². The summed E-state index contributed by atoms with van der Waals surface area (Å²) in [5.41, 5.74) is 0. The molecule has 0 aromatic carbocycles. The van der Waals surface area contributed by atoms with Gasteiger partial charge in [0.1, 0.15) is 0 Å². The molecule has 0 N–H and O–H groups in total. The third kappa shape index (κ3) is 8.58. The Morgan fingerprint density at radius 1 is 0.720 bits per heavy atom. The SMILES string of the molecule is CCCCCCCCCCCC[Si](OC)(OC)C(C)(C)C(C)CCC. The fraction of sp³-hybridized carbons (Fsp3) is 1.00. The van der Waals surface area contributed by atoms with E-state index in [9.17, 15) is 0 Å². The normalized spacial score (nSPS) is 14.0. The lowest BCUT2D eigenvalue weighted by Crippen LogP contribution is -2.52. The van der Waals surface area contributed by atoms with Crippen molar-refractivity contribution in [3.63, 3.8) is 0 Å². The Balaban J connectivity index is 4.19. The van der Waals surface area contributed by atoms with E-state index in [1.165, 1.54) is 77.0 Å². The molecular weight excluding hydrogens is 324 g/mol. The maximum Gasteiger partial charge on any atom is 0.343 e. The van der Waals surface area contributed by atoms with E-state index in [0.29, 0.717) is 5.92 Å². The molecule has 0 radical (unpaired) electrons. The molecule has 25 heavy (non-hydrogen) atoms. The van der Waals surface area contributed by atoms with Crippen molar-refractivity contribution in [2.75, 3.05) is 14.2 Å². The van der Waals surface area contributed by atoms with Crippen LogP contribution in [0.15, 0.2) is 0 Å². The van der Waals surface area contributed by atoms with Crippen molar-refractivity contribution in [2.24, 2.45) is 5.92 Å². The first kappa shape index (κ1) is 25.1. The molecule has 0 saturated carbocycles. The minimum Gasteiger partial charge on any atom is -0.397 e. The average Bonchev–Trinajstić information content (AvgIpc) is 2.60. The van der Waals surface area contributed by atoms with E-state index >= 15 is 0 Å². The van der Waals surface area contributed by atoms with Crippen LogP contribution in [0.5, 0.6) is 0 Å². The second kappa shape index (κ2) is 14.2. The van der Waals surface area contributed by atoms with Crippen LogP contribution in [0.4, 0.5) is 0 Å². The van der Waals surface area contributed by atoms with Gasteiger partial charge in [-0.25, -0.2) is 0 Å². The number of hydrogen-bond donors (Lipinski definition) is 0. The molecule has 0 aliphatic carbocycles. The summed E-state index contributed by atoms with van der Waals surface area (Å²) in [7, 11) is 1.60. The largest absolute Gasteiger partial charge is 0.397 e. The van der Waals surface area contributed by atoms with Gasteiger partial charge in [-0.2, -0.15) is 0 Å². The summed E-state index contributed by atoms with van der Waals surface area (Å²) in [6.07, 6.45) is 16.3. The van der Waals surface area contributed by atoms with Gasteiger partial charge in [-0.05, 0) is 12.0 Å². The minimum atomic E-state index is -2.16. The summed E-state index contributed by atoms with van der Waals surface area (Å²) in [6.45, 7) is 11.7. The molecule has 0 rings (SSSR count). The van der Waals surface area contributed by atoms with Crippen molar-refractivity contribution in [3.05, 3.63) is 0 Å². The highest BCUT2D eigenvalue weighted by Gasteiger charge is 2.52. The molecule has 0 saturated heterocycles. The van der Waals surface area contributed by atoms with Gasteiger partial charge in [0.05, 0.1) is 0 Å². The van der Waals surface area contributed by atoms with Crippen molar-refractivity contribution in [3.8, 4) is 0 Å². The van der Waals surface area contributed by atoms with Crippen LogP contribution >= 0.6 is 0 Å². The van der Waals surface area contributed by atoms with Crippen molar-refractivity contribution >= 4 is 8.56 Å². The molecule has 0 aromatic heterocycles. The van der Waals surface area contributed by atoms with Gasteiger partial charge in [0, 0.05) is 19.3 Å². The van der Waals surface area contributed by atoms with Crippen LogP contribution in [-0.4, -0.2) is 22.8 Å². The highest BCUT2D eigenvalue weighted by molar-refractivity contribution is 6.70. The van der Waals surface area contributed by atoms with Gasteiger partial charge in [-0.15, -0.1) is 0 Å². The fourth-order valence-corrected chi connectivity index (χ4v) is 8.03. The van der Waals surface area contributed by atoms with E-state index in [0.717, 1.165) is 6.04 Å². The van der Waals surface area contributed by atoms with Gasteiger partial charge in [-0.3, -0.25) is 0 Å². The van der Waals surface area contributed by atoms with Crippen LogP contribution in [0.25, 0.3) is 0 Å². The Hall–Kier alpha value is 0.137. The second-order valence-corrected chi connectivity index (χ2v) is 12.6. The molecule has 1 atom stereocenters. The molecule has 0 aromatic rings. The molecule has 0 bridgehead atoms. The lowest BCUT2D eigenvalue weighted by Gasteiger charge is -2.45. The Morgan fingerprint density at radius 2 is 1.16 bits per heavy atom. The number of unbranched alkanes of at least 4 members (excludes halogenated alkanes) is 9. The van der Waals surface area contributed by atoms with Crippen molar-refractivity contribution in [2.45, 2.75) is 123 Å². The summed E-state index contributed by atoms with van der Waals surface area (Å²) in [5.74, 6) is 0.646. The van der Waals surface area contributed by atoms with Crippen LogP contribution in [0.3, 0.4) is 0 Å². The number of rotatable bonds is 17. The predicted molar refractivity (Wildman–Crippen MR) is 115 cm³/mol. The van der Waals surface area contributed by atoms with E-state index in [4.69, 9.17) is 8.85 Å². The monoisotopic (exact) mass is 372 g/mol. The van der Waals surface area contributed by atoms with Gasteiger partial charge in [-0.1, -0.05) is 112 Å². The van der Waals surface area contributed by atoms with Gasteiger partial charge in [0.2, 0.25) is 0 Å². The molecule has 1 unspecified atom stereocenters. The zero-order valence-electron chi connectivity index (χ0n) is 18.6. The smallest absolute Gasteiger partial charge is 0.343 e. The molecule has 0 spiro atoms. The quantitative estimate of drug-likeness (QED) is 0.191. The molecule has 0 fully saturated rings. The Bertz CT molecular complexity index is 300. The Labute approximate surface area is 160 Å². The first-order valence-electron chi connectivity index (χ1n) is 11.0. The lowest BCUT2D eigenvalue weighted by molar-refractivity contribution is 0.183. The topological polar surface area (TPSA) is 18.5 Å². The highest BCUT2D eigenvalue weighted by Crippen LogP contribution is 2.49. The Kier molecular flexibility index (Phi) is 14.3. The first-order chi connectivity index (χ1) is 11.9. The van der Waals surface area contributed by atoms with Crippen LogP contribution in [-0.2, 0) is 8.85 Å². The average molecular weight is 373 g/mol. The molecule has 0 aliphatic heterocycles. The number of hydrogen-bond acceptors (Lipinski definition) is 2. The summed E-state index contributed by atoms with van der Waals surface area (Å²) in [5, 5.41) is 0.159. The van der Waals surface area contributed by atoms with Crippen molar-refractivity contribution in [1.82, 2.24) is 0 Å². The summed E-state index contributed by atoms with van der Waals surface area (Å²) in [4.78, 5) is 0. The summed E-state index contributed by atoms with van der Waals surface area (Å²) in [6, 6.07) is 1.14. The van der Waals surface area contributed by atoms with Gasteiger partial charge in [0.15, 0.2) is 0 Å². The predicted octanol–water partition coefficient (Wildman–Crippen LogP) is 7.86. The third-order valence-electron chi connectivity index (χ3n) is 6.45. The van der Waals surface area contributed by atoms with E-state index in [1.54, 1.807) is 0 Å². The molecule has 0 amide bonds. The second-order valence-electron chi connectivity index (χ2n) is 8.50. The van der Waals surface area contributed by atoms with Crippen LogP contribution in [0.2, 0.25) is 11.1 Å². The van der Waals surface area contributed by atoms with Gasteiger partial charge in [0.25, 0.3) is 0 Å². The molecule has 152 valence electrons. The molecular formula is C22H48O2Si. The molecule has 2 nitrogen and oxygen atoms in total. The maximum absolute atomic E-state index is 6.12. The van der Waals surface area contributed by atoms with Gasteiger partial charge < -0.3 is 8.85 Å². The first-order valence-corrected chi connectivity index (χ1v) is 13.0. The zero-order chi connectivity index (χ0) is 19.2. The van der Waals surface area contributed by atoms with E-state index in [1.807, 2.05) is 14.2 Å². The van der Waals surface area contributed by atoms with Crippen LogP contribution < -0.4 is 0 Å².